The summed E-state index contributed by atoms with van der Waals surface area (Å²) < 4.78 is 10.9. The van der Waals surface area contributed by atoms with Crippen molar-refractivity contribution in [2.75, 3.05) is 13.7 Å². The zero-order valence-electron chi connectivity index (χ0n) is 13.2. The lowest BCUT2D eigenvalue weighted by atomic mass is 10.0. The first-order valence-corrected chi connectivity index (χ1v) is 7.24. The Balaban J connectivity index is 2.84. The van der Waals surface area contributed by atoms with E-state index in [0.29, 0.717) is 37.0 Å². The van der Waals surface area contributed by atoms with Crippen LogP contribution in [-0.4, -0.2) is 30.8 Å². The average Bonchev–Trinajstić information content (AvgIpc) is 2.44. The van der Waals surface area contributed by atoms with Crippen molar-refractivity contribution in [2.45, 2.75) is 39.8 Å². The highest BCUT2D eigenvalue weighted by Crippen LogP contribution is 2.31. The van der Waals surface area contributed by atoms with Crippen molar-refractivity contribution in [1.82, 2.24) is 5.32 Å². The molecule has 0 heterocycles. The van der Waals surface area contributed by atoms with Crippen molar-refractivity contribution in [3.05, 3.63) is 23.8 Å². The summed E-state index contributed by atoms with van der Waals surface area (Å²) >= 11 is 0. The molecule has 1 aromatic carbocycles. The maximum absolute atomic E-state index is 11.3. The summed E-state index contributed by atoms with van der Waals surface area (Å²) in [7, 11) is 1.59. The Morgan fingerprint density at radius 1 is 1.38 bits per heavy atom. The van der Waals surface area contributed by atoms with Gasteiger partial charge in [0.05, 0.1) is 13.7 Å². The predicted octanol–water partition coefficient (Wildman–Crippen LogP) is 2.68. The fraction of sp³-hybridized carbons (Fsp3) is 0.562. The van der Waals surface area contributed by atoms with E-state index in [1.807, 2.05) is 39.0 Å². The Labute approximate surface area is 126 Å². The number of rotatable bonds is 9. The Kier molecular flexibility index (Phi) is 7.02. The van der Waals surface area contributed by atoms with Gasteiger partial charge in [0.1, 0.15) is 6.04 Å². The molecule has 0 fully saturated rings. The molecule has 1 atom stereocenters. The van der Waals surface area contributed by atoms with E-state index in [-0.39, 0.29) is 0 Å². The maximum Gasteiger partial charge on any atom is 0.320 e. The van der Waals surface area contributed by atoms with Gasteiger partial charge in [-0.3, -0.25) is 4.79 Å². The molecule has 0 aliphatic heterocycles. The van der Waals surface area contributed by atoms with Crippen LogP contribution in [0.15, 0.2) is 18.2 Å². The summed E-state index contributed by atoms with van der Waals surface area (Å²) in [6.45, 7) is 6.88. The topological polar surface area (TPSA) is 67.8 Å². The first-order valence-electron chi connectivity index (χ1n) is 7.24. The fourth-order valence-corrected chi connectivity index (χ4v) is 2.15. The smallest absolute Gasteiger partial charge is 0.320 e. The Bertz CT molecular complexity index is 460. The third-order valence-corrected chi connectivity index (χ3v) is 3.11. The quantitative estimate of drug-likeness (QED) is 0.733. The molecule has 5 heteroatoms. The number of benzene rings is 1. The Morgan fingerprint density at radius 2 is 2.10 bits per heavy atom. The number of hydrogen-bond donors (Lipinski definition) is 2. The average molecular weight is 295 g/mol. The van der Waals surface area contributed by atoms with Crippen LogP contribution in [0.4, 0.5) is 0 Å². The third kappa shape index (κ3) is 5.27. The minimum atomic E-state index is -0.829. The van der Waals surface area contributed by atoms with Crippen LogP contribution in [0.3, 0.4) is 0 Å². The largest absolute Gasteiger partial charge is 0.493 e. The zero-order valence-corrected chi connectivity index (χ0v) is 13.2. The van der Waals surface area contributed by atoms with Gasteiger partial charge in [0.25, 0.3) is 0 Å². The summed E-state index contributed by atoms with van der Waals surface area (Å²) in [6.07, 6.45) is 0.587. The van der Waals surface area contributed by atoms with E-state index in [1.165, 1.54) is 0 Å². The monoisotopic (exact) mass is 295 g/mol. The first kappa shape index (κ1) is 17.3. The third-order valence-electron chi connectivity index (χ3n) is 3.11. The van der Waals surface area contributed by atoms with E-state index in [0.717, 1.165) is 5.56 Å². The van der Waals surface area contributed by atoms with Crippen molar-refractivity contribution in [3.63, 3.8) is 0 Å². The number of carboxylic acids is 1. The number of hydrogen-bond acceptors (Lipinski definition) is 4. The van der Waals surface area contributed by atoms with Crippen molar-refractivity contribution < 1.29 is 19.4 Å². The zero-order chi connectivity index (χ0) is 15.8. The lowest BCUT2D eigenvalue weighted by molar-refractivity contribution is -0.140. The molecule has 0 spiro atoms. The van der Waals surface area contributed by atoms with Gasteiger partial charge >= 0.3 is 5.97 Å². The standard InChI is InChI=1S/C16H25NO4/c1-5-21-15-12(7-6-8-14(15)20-4)10-17-13(16(18)19)9-11(2)3/h6-8,11,13,17H,5,9-10H2,1-4H3,(H,18,19)/t13-/m1/s1. The minimum Gasteiger partial charge on any atom is -0.493 e. The number of methoxy groups -OCH3 is 1. The lowest BCUT2D eigenvalue weighted by Crippen LogP contribution is -2.37. The van der Waals surface area contributed by atoms with Gasteiger partial charge in [-0.15, -0.1) is 0 Å². The number of carbonyl (C=O) groups is 1. The highest BCUT2D eigenvalue weighted by Gasteiger charge is 2.19. The number of ether oxygens (including phenoxy) is 2. The number of para-hydroxylation sites is 1. The summed E-state index contributed by atoms with van der Waals surface area (Å²) in [5.41, 5.74) is 0.895. The molecule has 0 saturated carbocycles. The highest BCUT2D eigenvalue weighted by molar-refractivity contribution is 5.73. The van der Waals surface area contributed by atoms with Crippen LogP contribution in [0.1, 0.15) is 32.8 Å². The second-order valence-corrected chi connectivity index (χ2v) is 5.28. The van der Waals surface area contributed by atoms with E-state index in [1.54, 1.807) is 7.11 Å². The fourth-order valence-electron chi connectivity index (χ4n) is 2.15. The molecule has 0 aliphatic carbocycles. The molecule has 5 nitrogen and oxygen atoms in total. The lowest BCUT2D eigenvalue weighted by Gasteiger charge is -2.19. The number of carboxylic acid groups (broad SMARTS) is 1. The van der Waals surface area contributed by atoms with Crippen LogP contribution >= 0.6 is 0 Å². The predicted molar refractivity (Wildman–Crippen MR) is 81.9 cm³/mol. The molecular weight excluding hydrogens is 270 g/mol. The molecule has 0 bridgehead atoms. The molecule has 0 saturated heterocycles. The first-order chi connectivity index (χ1) is 9.99. The van der Waals surface area contributed by atoms with Crippen molar-refractivity contribution in [1.29, 1.82) is 0 Å². The molecular formula is C16H25NO4. The van der Waals surface area contributed by atoms with E-state index in [2.05, 4.69) is 5.32 Å². The SMILES string of the molecule is CCOc1c(CN[C@H](CC(C)C)C(=O)O)cccc1OC. The Morgan fingerprint density at radius 3 is 2.62 bits per heavy atom. The van der Waals surface area contributed by atoms with Crippen LogP contribution in [-0.2, 0) is 11.3 Å². The molecule has 0 amide bonds. The molecule has 21 heavy (non-hydrogen) atoms. The summed E-state index contributed by atoms with van der Waals surface area (Å²) in [5.74, 6) is 0.815. The van der Waals surface area contributed by atoms with Gasteiger partial charge < -0.3 is 19.9 Å². The molecule has 2 N–H and O–H groups in total. The molecule has 0 aromatic heterocycles. The summed E-state index contributed by atoms with van der Waals surface area (Å²) in [4.78, 5) is 11.3. The van der Waals surface area contributed by atoms with Crippen LogP contribution in [0, 0.1) is 5.92 Å². The summed E-state index contributed by atoms with van der Waals surface area (Å²) in [6, 6.07) is 5.05. The van der Waals surface area contributed by atoms with Crippen molar-refractivity contribution in [2.24, 2.45) is 5.92 Å². The minimum absolute atomic E-state index is 0.315. The molecule has 0 aliphatic rings. The molecule has 0 unspecified atom stereocenters. The van der Waals surface area contributed by atoms with Crippen LogP contribution in [0.5, 0.6) is 11.5 Å². The van der Waals surface area contributed by atoms with Crippen LogP contribution in [0.25, 0.3) is 0 Å². The number of aliphatic carboxylic acids is 1. The van der Waals surface area contributed by atoms with Gasteiger partial charge in [-0.1, -0.05) is 26.0 Å². The summed E-state index contributed by atoms with van der Waals surface area (Å²) in [5, 5.41) is 12.3. The van der Waals surface area contributed by atoms with Gasteiger partial charge in [0, 0.05) is 12.1 Å². The maximum atomic E-state index is 11.3. The van der Waals surface area contributed by atoms with Crippen molar-refractivity contribution in [3.8, 4) is 11.5 Å². The van der Waals surface area contributed by atoms with Gasteiger partial charge in [0.15, 0.2) is 11.5 Å². The Hall–Kier alpha value is -1.75. The van der Waals surface area contributed by atoms with Crippen molar-refractivity contribution >= 4 is 5.97 Å². The normalized spacial score (nSPS) is 12.2. The van der Waals surface area contributed by atoms with Gasteiger partial charge in [0.2, 0.25) is 0 Å². The van der Waals surface area contributed by atoms with E-state index in [4.69, 9.17) is 9.47 Å². The van der Waals surface area contributed by atoms with Gasteiger partial charge in [-0.05, 0) is 25.3 Å². The van der Waals surface area contributed by atoms with Gasteiger partial charge in [-0.25, -0.2) is 0 Å². The van der Waals surface area contributed by atoms with E-state index < -0.39 is 12.0 Å². The second-order valence-electron chi connectivity index (χ2n) is 5.28. The van der Waals surface area contributed by atoms with Crippen LogP contribution in [0.2, 0.25) is 0 Å². The highest BCUT2D eigenvalue weighted by atomic mass is 16.5. The van der Waals surface area contributed by atoms with Crippen LogP contribution < -0.4 is 14.8 Å². The second kappa shape index (κ2) is 8.52. The van der Waals surface area contributed by atoms with Gasteiger partial charge in [-0.2, -0.15) is 0 Å². The number of nitrogens with one attached hydrogen (secondary N) is 1. The van der Waals surface area contributed by atoms with E-state index in [9.17, 15) is 9.90 Å². The van der Waals surface area contributed by atoms with E-state index >= 15 is 0 Å². The molecule has 0 radical (unpaired) electrons. The molecule has 118 valence electrons. The molecule has 1 aromatic rings. The molecule has 1 rings (SSSR count).